The van der Waals surface area contributed by atoms with Crippen molar-refractivity contribution in [2.24, 2.45) is 0 Å². The predicted octanol–water partition coefficient (Wildman–Crippen LogP) is 1.71. The van der Waals surface area contributed by atoms with Crippen molar-refractivity contribution in [3.63, 3.8) is 0 Å². The molecule has 0 aliphatic carbocycles. The number of H-pyrrole nitrogens is 1. The highest BCUT2D eigenvalue weighted by Gasteiger charge is 2.14. The molecule has 0 atom stereocenters. The molecule has 0 fully saturated rings. The molecule has 1 aliphatic heterocycles. The van der Waals surface area contributed by atoms with Crippen molar-refractivity contribution < 1.29 is 14.6 Å². The lowest BCUT2D eigenvalue weighted by atomic mass is 10.1. The SMILES string of the molecule is O=C(O)c1cc(-c2ccc3c(c2)OCC3)n[nH]1. The maximum Gasteiger partial charge on any atom is 0.353 e. The fourth-order valence-corrected chi connectivity index (χ4v) is 1.90. The number of nitrogens with one attached hydrogen (secondary N) is 1. The minimum atomic E-state index is -1.01. The van der Waals surface area contributed by atoms with E-state index in [1.807, 2.05) is 18.2 Å². The van der Waals surface area contributed by atoms with E-state index >= 15 is 0 Å². The van der Waals surface area contributed by atoms with Crippen LogP contribution in [0.5, 0.6) is 5.75 Å². The Kier molecular flexibility index (Phi) is 2.11. The number of rotatable bonds is 2. The molecule has 17 heavy (non-hydrogen) atoms. The molecule has 0 spiro atoms. The lowest BCUT2D eigenvalue weighted by Crippen LogP contribution is -1.95. The summed E-state index contributed by atoms with van der Waals surface area (Å²) in [5.41, 5.74) is 2.74. The molecular formula is C12H10N2O3. The van der Waals surface area contributed by atoms with Crippen LogP contribution in [0.15, 0.2) is 24.3 Å². The molecule has 0 radical (unpaired) electrons. The lowest BCUT2D eigenvalue weighted by molar-refractivity contribution is 0.0690. The minimum Gasteiger partial charge on any atom is -0.493 e. The highest BCUT2D eigenvalue weighted by Crippen LogP contribution is 2.30. The van der Waals surface area contributed by atoms with Gasteiger partial charge in [0.05, 0.1) is 12.3 Å². The third-order valence-corrected chi connectivity index (χ3v) is 2.80. The first kappa shape index (κ1) is 9.89. The molecule has 5 heteroatoms. The lowest BCUT2D eigenvalue weighted by Gasteiger charge is -2.01. The van der Waals surface area contributed by atoms with Crippen LogP contribution in [0.2, 0.25) is 0 Å². The van der Waals surface area contributed by atoms with Gasteiger partial charge in [-0.3, -0.25) is 5.10 Å². The van der Waals surface area contributed by atoms with Crippen molar-refractivity contribution >= 4 is 5.97 Å². The number of nitrogens with zero attached hydrogens (tertiary/aromatic N) is 1. The van der Waals surface area contributed by atoms with Crippen molar-refractivity contribution in [2.45, 2.75) is 6.42 Å². The van der Waals surface area contributed by atoms with Crippen molar-refractivity contribution in [1.82, 2.24) is 10.2 Å². The highest BCUT2D eigenvalue weighted by molar-refractivity contribution is 5.86. The number of aromatic amines is 1. The fraction of sp³-hybridized carbons (Fsp3) is 0.167. The van der Waals surface area contributed by atoms with Gasteiger partial charge in [0, 0.05) is 12.0 Å². The zero-order chi connectivity index (χ0) is 11.8. The summed E-state index contributed by atoms with van der Waals surface area (Å²) in [6.45, 7) is 0.708. The van der Waals surface area contributed by atoms with E-state index in [9.17, 15) is 4.79 Å². The molecule has 0 unspecified atom stereocenters. The van der Waals surface area contributed by atoms with Gasteiger partial charge in [-0.15, -0.1) is 0 Å². The van der Waals surface area contributed by atoms with E-state index < -0.39 is 5.97 Å². The summed E-state index contributed by atoms with van der Waals surface area (Å²) in [6.07, 6.45) is 0.927. The summed E-state index contributed by atoms with van der Waals surface area (Å²) >= 11 is 0. The van der Waals surface area contributed by atoms with Gasteiger partial charge in [0.25, 0.3) is 0 Å². The summed E-state index contributed by atoms with van der Waals surface area (Å²) in [4.78, 5) is 10.7. The number of carboxylic acids is 1. The van der Waals surface area contributed by atoms with Gasteiger partial charge in [0.2, 0.25) is 0 Å². The molecule has 0 saturated carbocycles. The summed E-state index contributed by atoms with van der Waals surface area (Å²) in [7, 11) is 0. The number of aromatic carboxylic acids is 1. The standard InChI is InChI=1S/C12H10N2O3/c15-12(16)10-6-9(13-14-10)8-2-1-7-3-4-17-11(7)5-8/h1-2,5-6H,3-4H2,(H,13,14)(H,15,16). The van der Waals surface area contributed by atoms with E-state index in [4.69, 9.17) is 9.84 Å². The first-order valence-electron chi connectivity index (χ1n) is 5.29. The molecule has 0 bridgehead atoms. The molecule has 0 saturated heterocycles. The largest absolute Gasteiger partial charge is 0.493 e. The van der Waals surface area contributed by atoms with E-state index in [2.05, 4.69) is 10.2 Å². The second kappa shape index (κ2) is 3.62. The molecule has 2 aromatic rings. The van der Waals surface area contributed by atoms with Crippen LogP contribution in [0.1, 0.15) is 16.1 Å². The van der Waals surface area contributed by atoms with Crippen LogP contribution in [0.4, 0.5) is 0 Å². The van der Waals surface area contributed by atoms with E-state index in [1.165, 1.54) is 11.6 Å². The first-order valence-corrected chi connectivity index (χ1v) is 5.29. The Balaban J connectivity index is 2.00. The van der Waals surface area contributed by atoms with E-state index in [0.717, 1.165) is 17.7 Å². The summed E-state index contributed by atoms with van der Waals surface area (Å²) < 4.78 is 5.46. The van der Waals surface area contributed by atoms with Gasteiger partial charge in [-0.25, -0.2) is 4.79 Å². The molecule has 0 amide bonds. The van der Waals surface area contributed by atoms with Gasteiger partial charge in [0.1, 0.15) is 11.4 Å². The minimum absolute atomic E-state index is 0.0846. The van der Waals surface area contributed by atoms with E-state index in [-0.39, 0.29) is 5.69 Å². The number of carbonyl (C=O) groups is 1. The molecule has 3 rings (SSSR count). The third-order valence-electron chi connectivity index (χ3n) is 2.80. The second-order valence-electron chi connectivity index (χ2n) is 3.89. The molecule has 5 nitrogen and oxygen atoms in total. The quantitative estimate of drug-likeness (QED) is 0.823. The number of fused-ring (bicyclic) bond motifs is 1. The molecule has 86 valence electrons. The normalized spacial score (nSPS) is 13.2. The second-order valence-corrected chi connectivity index (χ2v) is 3.89. The van der Waals surface area contributed by atoms with Crippen LogP contribution >= 0.6 is 0 Å². The van der Waals surface area contributed by atoms with Gasteiger partial charge in [-0.05, 0) is 17.7 Å². The number of benzene rings is 1. The smallest absolute Gasteiger partial charge is 0.353 e. The van der Waals surface area contributed by atoms with Crippen LogP contribution in [-0.2, 0) is 6.42 Å². The summed E-state index contributed by atoms with van der Waals surface area (Å²) in [5.74, 6) is -0.150. The van der Waals surface area contributed by atoms with Crippen LogP contribution in [0.3, 0.4) is 0 Å². The van der Waals surface area contributed by atoms with Gasteiger partial charge in [0.15, 0.2) is 0 Å². The van der Waals surface area contributed by atoms with Gasteiger partial charge >= 0.3 is 5.97 Å². The zero-order valence-corrected chi connectivity index (χ0v) is 8.93. The average Bonchev–Trinajstić information content (AvgIpc) is 2.97. The number of carboxylic acid groups (broad SMARTS) is 1. The topological polar surface area (TPSA) is 75.2 Å². The van der Waals surface area contributed by atoms with E-state index in [0.29, 0.717) is 12.3 Å². The third kappa shape index (κ3) is 1.65. The zero-order valence-electron chi connectivity index (χ0n) is 8.93. The molecule has 2 heterocycles. The maximum absolute atomic E-state index is 10.7. The Bertz CT molecular complexity index is 589. The molecule has 1 aromatic heterocycles. The summed E-state index contributed by atoms with van der Waals surface area (Å²) in [5, 5.41) is 15.3. The van der Waals surface area contributed by atoms with Crippen molar-refractivity contribution in [1.29, 1.82) is 0 Å². The fourth-order valence-electron chi connectivity index (χ4n) is 1.90. The van der Waals surface area contributed by atoms with Crippen molar-refractivity contribution in [3.05, 3.63) is 35.5 Å². The monoisotopic (exact) mass is 230 g/mol. The van der Waals surface area contributed by atoms with Gasteiger partial charge in [-0.1, -0.05) is 12.1 Å². The number of hydrogen-bond donors (Lipinski definition) is 2. The Labute approximate surface area is 97.0 Å². The molecule has 1 aromatic carbocycles. The van der Waals surface area contributed by atoms with Crippen LogP contribution in [0, 0.1) is 0 Å². The van der Waals surface area contributed by atoms with Gasteiger partial charge in [-0.2, -0.15) is 5.10 Å². The van der Waals surface area contributed by atoms with Crippen LogP contribution < -0.4 is 4.74 Å². The Morgan fingerprint density at radius 1 is 1.41 bits per heavy atom. The number of hydrogen-bond acceptors (Lipinski definition) is 3. The average molecular weight is 230 g/mol. The summed E-state index contributed by atoms with van der Waals surface area (Å²) in [6, 6.07) is 7.32. The number of ether oxygens (including phenoxy) is 1. The van der Waals surface area contributed by atoms with Gasteiger partial charge < -0.3 is 9.84 Å². The first-order chi connectivity index (χ1) is 8.24. The van der Waals surface area contributed by atoms with Crippen molar-refractivity contribution in [3.8, 4) is 17.0 Å². The Morgan fingerprint density at radius 3 is 3.06 bits per heavy atom. The Hall–Kier alpha value is -2.30. The molecular weight excluding hydrogens is 220 g/mol. The highest BCUT2D eigenvalue weighted by atomic mass is 16.5. The van der Waals surface area contributed by atoms with Crippen LogP contribution in [0.25, 0.3) is 11.3 Å². The molecule has 1 aliphatic rings. The Morgan fingerprint density at radius 2 is 2.29 bits per heavy atom. The molecule has 2 N–H and O–H groups in total. The maximum atomic E-state index is 10.7. The predicted molar refractivity (Wildman–Crippen MR) is 60.2 cm³/mol. The van der Waals surface area contributed by atoms with Crippen molar-refractivity contribution in [2.75, 3.05) is 6.61 Å². The van der Waals surface area contributed by atoms with Crippen LogP contribution in [-0.4, -0.2) is 27.9 Å². The number of aromatic nitrogens is 2. The van der Waals surface area contributed by atoms with E-state index in [1.54, 1.807) is 0 Å².